The van der Waals surface area contributed by atoms with Crippen molar-refractivity contribution in [2.75, 3.05) is 6.54 Å². The summed E-state index contributed by atoms with van der Waals surface area (Å²) in [5.41, 5.74) is 2.17. The van der Waals surface area contributed by atoms with E-state index in [1.54, 1.807) is 12.1 Å². The van der Waals surface area contributed by atoms with E-state index in [0.29, 0.717) is 12.0 Å². The minimum atomic E-state index is -0.0980. The minimum absolute atomic E-state index is 0.0980. The van der Waals surface area contributed by atoms with Crippen LogP contribution in [-0.4, -0.2) is 6.54 Å². The fraction of sp³-hybridized carbons (Fsp3) is 0.684. The molecule has 1 aromatic carbocycles. The molecule has 0 aromatic heterocycles. The van der Waals surface area contributed by atoms with Crippen molar-refractivity contribution in [2.45, 2.75) is 71.3 Å². The van der Waals surface area contributed by atoms with Crippen LogP contribution in [-0.2, 0) is 0 Å². The smallest absolute Gasteiger partial charge is 0.123 e. The average Bonchev–Trinajstić information content (AvgIpc) is 2.39. The van der Waals surface area contributed by atoms with Crippen molar-refractivity contribution in [3.8, 4) is 0 Å². The zero-order valence-corrected chi connectivity index (χ0v) is 13.6. The quantitative estimate of drug-likeness (QED) is 0.751. The summed E-state index contributed by atoms with van der Waals surface area (Å²) >= 11 is 0. The predicted octanol–water partition coefficient (Wildman–Crippen LogP) is 5.54. The molecule has 1 atom stereocenters. The van der Waals surface area contributed by atoms with Crippen molar-refractivity contribution in [3.63, 3.8) is 0 Å². The highest BCUT2D eigenvalue weighted by molar-refractivity contribution is 5.27. The van der Waals surface area contributed by atoms with E-state index in [2.05, 4.69) is 18.3 Å². The SMILES string of the molecule is CCCNC(c1cc(C)cc(F)c1)C1CCCCCCC1. The van der Waals surface area contributed by atoms with Gasteiger partial charge in [-0.2, -0.15) is 0 Å². The van der Waals surface area contributed by atoms with Crippen LogP contribution in [0.25, 0.3) is 0 Å². The fourth-order valence-corrected chi connectivity index (χ4v) is 3.62. The van der Waals surface area contributed by atoms with E-state index in [4.69, 9.17) is 0 Å². The molecular weight excluding hydrogens is 261 g/mol. The Bertz CT molecular complexity index is 401. The average molecular weight is 291 g/mol. The van der Waals surface area contributed by atoms with Crippen LogP contribution >= 0.6 is 0 Å². The molecule has 1 aromatic rings. The summed E-state index contributed by atoms with van der Waals surface area (Å²) < 4.78 is 13.8. The molecule has 1 nitrogen and oxygen atoms in total. The van der Waals surface area contributed by atoms with Crippen LogP contribution in [0.5, 0.6) is 0 Å². The predicted molar refractivity (Wildman–Crippen MR) is 88.0 cm³/mol. The Morgan fingerprint density at radius 1 is 1.10 bits per heavy atom. The highest BCUT2D eigenvalue weighted by Gasteiger charge is 2.23. The third-order valence-corrected chi connectivity index (χ3v) is 4.66. The molecule has 1 aliphatic rings. The number of halogens is 1. The van der Waals surface area contributed by atoms with Gasteiger partial charge < -0.3 is 5.32 Å². The van der Waals surface area contributed by atoms with Gasteiger partial charge in [0.2, 0.25) is 0 Å². The van der Waals surface area contributed by atoms with Gasteiger partial charge in [-0.05, 0) is 61.9 Å². The van der Waals surface area contributed by atoms with Crippen LogP contribution in [0, 0.1) is 18.7 Å². The zero-order valence-electron chi connectivity index (χ0n) is 13.6. The lowest BCUT2D eigenvalue weighted by Crippen LogP contribution is -2.29. The molecule has 118 valence electrons. The Balaban J connectivity index is 2.18. The largest absolute Gasteiger partial charge is 0.310 e. The molecule has 1 fully saturated rings. The third kappa shape index (κ3) is 5.10. The van der Waals surface area contributed by atoms with E-state index in [1.807, 2.05) is 6.92 Å². The van der Waals surface area contributed by atoms with E-state index in [0.717, 1.165) is 24.1 Å². The van der Waals surface area contributed by atoms with E-state index < -0.39 is 0 Å². The lowest BCUT2D eigenvalue weighted by Gasteiger charge is -2.30. The maximum absolute atomic E-state index is 13.8. The van der Waals surface area contributed by atoms with Gasteiger partial charge in [0.1, 0.15) is 5.82 Å². The van der Waals surface area contributed by atoms with Crippen LogP contribution in [0.4, 0.5) is 4.39 Å². The van der Waals surface area contributed by atoms with Crippen molar-refractivity contribution >= 4 is 0 Å². The summed E-state index contributed by atoms with van der Waals surface area (Å²) in [5, 5.41) is 3.69. The van der Waals surface area contributed by atoms with Gasteiger partial charge in [-0.25, -0.2) is 4.39 Å². The van der Waals surface area contributed by atoms with E-state index in [-0.39, 0.29) is 5.82 Å². The Morgan fingerprint density at radius 2 is 1.76 bits per heavy atom. The van der Waals surface area contributed by atoms with Gasteiger partial charge in [0, 0.05) is 6.04 Å². The topological polar surface area (TPSA) is 12.0 Å². The lowest BCUT2D eigenvalue weighted by atomic mass is 9.82. The summed E-state index contributed by atoms with van der Waals surface area (Å²) in [5.74, 6) is 0.553. The van der Waals surface area contributed by atoms with Gasteiger partial charge in [0.15, 0.2) is 0 Å². The first-order chi connectivity index (χ1) is 10.2. The normalized spacial score (nSPS) is 19.0. The molecule has 0 saturated heterocycles. The Kier molecular flexibility index (Phi) is 6.69. The Morgan fingerprint density at radius 3 is 2.38 bits per heavy atom. The van der Waals surface area contributed by atoms with Crippen LogP contribution in [0.3, 0.4) is 0 Å². The number of nitrogens with one attached hydrogen (secondary N) is 1. The van der Waals surface area contributed by atoms with Crippen LogP contribution in [0.1, 0.15) is 75.5 Å². The maximum Gasteiger partial charge on any atom is 0.123 e. The molecule has 2 heteroatoms. The van der Waals surface area contributed by atoms with Gasteiger partial charge in [-0.15, -0.1) is 0 Å². The summed E-state index contributed by atoms with van der Waals surface area (Å²) in [6, 6.07) is 5.84. The molecule has 0 aliphatic heterocycles. The summed E-state index contributed by atoms with van der Waals surface area (Å²) in [6.45, 7) is 5.19. The van der Waals surface area contributed by atoms with Crippen molar-refractivity contribution in [3.05, 3.63) is 35.1 Å². The molecule has 1 N–H and O–H groups in total. The molecular formula is C19H30FN. The first-order valence-corrected chi connectivity index (χ1v) is 8.71. The third-order valence-electron chi connectivity index (χ3n) is 4.66. The molecule has 1 aliphatic carbocycles. The molecule has 2 rings (SSSR count). The number of hydrogen-bond acceptors (Lipinski definition) is 1. The van der Waals surface area contributed by atoms with Crippen LogP contribution < -0.4 is 5.32 Å². The number of rotatable bonds is 5. The van der Waals surface area contributed by atoms with Gasteiger partial charge in [-0.3, -0.25) is 0 Å². The highest BCUT2D eigenvalue weighted by atomic mass is 19.1. The van der Waals surface area contributed by atoms with Gasteiger partial charge in [0.25, 0.3) is 0 Å². The highest BCUT2D eigenvalue weighted by Crippen LogP contribution is 2.33. The van der Waals surface area contributed by atoms with Crippen LogP contribution in [0.2, 0.25) is 0 Å². The standard InChI is InChI=1S/C19H30FN/c1-3-11-21-19(16-9-7-5-4-6-8-10-16)17-12-15(2)13-18(20)14-17/h12-14,16,19,21H,3-11H2,1-2H3. The molecule has 0 radical (unpaired) electrons. The molecule has 1 saturated carbocycles. The van der Waals surface area contributed by atoms with Gasteiger partial charge in [0.05, 0.1) is 0 Å². The second-order valence-electron chi connectivity index (χ2n) is 6.60. The summed E-state index contributed by atoms with van der Waals surface area (Å²) in [7, 11) is 0. The molecule has 21 heavy (non-hydrogen) atoms. The van der Waals surface area contributed by atoms with Gasteiger partial charge in [-0.1, -0.05) is 45.1 Å². The maximum atomic E-state index is 13.8. The molecule has 1 unspecified atom stereocenters. The number of hydrogen-bond donors (Lipinski definition) is 1. The number of aryl methyl sites for hydroxylation is 1. The first kappa shape index (κ1) is 16.5. The lowest BCUT2D eigenvalue weighted by molar-refractivity contribution is 0.288. The summed E-state index contributed by atoms with van der Waals surface area (Å²) in [4.78, 5) is 0. The molecule has 0 bridgehead atoms. The minimum Gasteiger partial charge on any atom is -0.310 e. The summed E-state index contributed by atoms with van der Waals surface area (Å²) in [6.07, 6.45) is 10.4. The van der Waals surface area contributed by atoms with Crippen molar-refractivity contribution in [1.29, 1.82) is 0 Å². The van der Waals surface area contributed by atoms with E-state index in [9.17, 15) is 4.39 Å². The Labute approximate surface area is 129 Å². The molecule has 0 amide bonds. The van der Waals surface area contributed by atoms with Crippen LogP contribution in [0.15, 0.2) is 18.2 Å². The molecule has 0 heterocycles. The number of benzene rings is 1. The first-order valence-electron chi connectivity index (χ1n) is 8.71. The fourth-order valence-electron chi connectivity index (χ4n) is 3.62. The second kappa shape index (κ2) is 8.53. The monoisotopic (exact) mass is 291 g/mol. The van der Waals surface area contributed by atoms with Crippen molar-refractivity contribution < 1.29 is 4.39 Å². The zero-order chi connectivity index (χ0) is 15.1. The van der Waals surface area contributed by atoms with E-state index >= 15 is 0 Å². The molecule has 0 spiro atoms. The second-order valence-corrected chi connectivity index (χ2v) is 6.60. The Hall–Kier alpha value is -0.890. The van der Waals surface area contributed by atoms with Crippen molar-refractivity contribution in [1.82, 2.24) is 5.32 Å². The van der Waals surface area contributed by atoms with Gasteiger partial charge >= 0.3 is 0 Å². The van der Waals surface area contributed by atoms with Crippen molar-refractivity contribution in [2.24, 2.45) is 5.92 Å². The van der Waals surface area contributed by atoms with E-state index in [1.165, 1.54) is 44.9 Å².